The van der Waals surface area contributed by atoms with Gasteiger partial charge in [-0.05, 0) is 25.5 Å². The third-order valence-electron chi connectivity index (χ3n) is 3.43. The van der Waals surface area contributed by atoms with Crippen molar-refractivity contribution in [1.82, 2.24) is 10.6 Å². The van der Waals surface area contributed by atoms with Gasteiger partial charge in [0.2, 0.25) is 0 Å². The molecule has 0 spiro atoms. The van der Waals surface area contributed by atoms with Gasteiger partial charge in [-0.2, -0.15) is 0 Å². The molecule has 0 radical (unpaired) electrons. The van der Waals surface area contributed by atoms with Crippen LogP contribution in [-0.4, -0.2) is 38.8 Å². The minimum Gasteiger partial charge on any atom is -0.469 e. The molecule has 0 amide bonds. The van der Waals surface area contributed by atoms with Crippen LogP contribution in [-0.2, 0) is 11.2 Å². The number of hydrogen-bond acceptors (Lipinski definition) is 3. The van der Waals surface area contributed by atoms with E-state index in [1.807, 2.05) is 12.1 Å². The number of nitrogens with zero attached hydrogens (tertiary/aromatic N) is 1. The Hall–Kier alpha value is -1.49. The fraction of sp³-hybridized carbons (Fsp3) is 0.706. The average molecular weight is 309 g/mol. The predicted molar refractivity (Wildman–Crippen MR) is 91.3 cm³/mol. The van der Waals surface area contributed by atoms with Crippen LogP contribution in [0.1, 0.15) is 45.3 Å². The van der Waals surface area contributed by atoms with Gasteiger partial charge in [-0.15, -0.1) is 0 Å². The summed E-state index contributed by atoms with van der Waals surface area (Å²) in [5, 5.41) is 6.83. The summed E-state index contributed by atoms with van der Waals surface area (Å²) < 4.78 is 10.4. The predicted octanol–water partition coefficient (Wildman–Crippen LogP) is 2.97. The molecule has 22 heavy (non-hydrogen) atoms. The molecule has 0 saturated heterocycles. The van der Waals surface area contributed by atoms with E-state index < -0.39 is 0 Å². The zero-order valence-electron chi connectivity index (χ0n) is 14.2. The van der Waals surface area contributed by atoms with Crippen molar-refractivity contribution in [2.75, 3.05) is 26.8 Å². The molecule has 126 valence electrons. The van der Waals surface area contributed by atoms with Crippen LogP contribution in [0.15, 0.2) is 27.8 Å². The van der Waals surface area contributed by atoms with Gasteiger partial charge in [0.05, 0.1) is 19.4 Å². The number of unbranched alkanes of at least 4 members (excludes halogenated alkanes) is 2. The molecule has 0 saturated carbocycles. The van der Waals surface area contributed by atoms with Crippen molar-refractivity contribution in [3.8, 4) is 0 Å². The second kappa shape index (κ2) is 12.1. The van der Waals surface area contributed by atoms with Crippen molar-refractivity contribution in [3.63, 3.8) is 0 Å². The van der Waals surface area contributed by atoms with Gasteiger partial charge in [0, 0.05) is 26.1 Å². The van der Waals surface area contributed by atoms with Crippen molar-refractivity contribution in [2.45, 2.75) is 52.0 Å². The summed E-state index contributed by atoms with van der Waals surface area (Å²) in [7, 11) is 1.69. The van der Waals surface area contributed by atoms with Crippen molar-refractivity contribution in [2.24, 2.45) is 4.99 Å². The second-order valence-corrected chi connectivity index (χ2v) is 5.52. The summed E-state index contributed by atoms with van der Waals surface area (Å²) in [5.41, 5.74) is 0. The lowest BCUT2D eigenvalue weighted by molar-refractivity contribution is 0.208. The number of ether oxygens (including phenoxy) is 1. The molecule has 1 aromatic heterocycles. The highest BCUT2D eigenvalue weighted by Gasteiger charge is 2.05. The van der Waals surface area contributed by atoms with E-state index in [4.69, 9.17) is 9.15 Å². The fourth-order valence-electron chi connectivity index (χ4n) is 2.17. The Bertz CT molecular complexity index is 391. The number of nitrogens with one attached hydrogen (secondary N) is 2. The number of furan rings is 1. The highest BCUT2D eigenvalue weighted by atomic mass is 16.5. The zero-order valence-corrected chi connectivity index (χ0v) is 14.2. The average Bonchev–Trinajstić information content (AvgIpc) is 3.01. The van der Waals surface area contributed by atoms with Crippen molar-refractivity contribution in [1.29, 1.82) is 0 Å². The van der Waals surface area contributed by atoms with E-state index in [-0.39, 0.29) is 0 Å². The Kier molecular flexibility index (Phi) is 10.2. The maximum atomic E-state index is 5.34. The highest BCUT2D eigenvalue weighted by Crippen LogP contribution is 2.03. The van der Waals surface area contributed by atoms with Gasteiger partial charge in [-0.1, -0.05) is 26.2 Å². The third-order valence-corrected chi connectivity index (χ3v) is 3.43. The standard InChI is InChI=1S/C17H31N3O2/c1-4-5-6-8-15(2)20-17(19-12-14-21-3)18-11-10-16-9-7-13-22-16/h7,9,13,15H,4-6,8,10-12,14H2,1-3H3,(H2,18,19,20). The first-order valence-corrected chi connectivity index (χ1v) is 8.32. The Labute approximate surface area is 134 Å². The molecule has 5 heteroatoms. The summed E-state index contributed by atoms with van der Waals surface area (Å²) in [6, 6.07) is 4.32. The Morgan fingerprint density at radius 1 is 1.41 bits per heavy atom. The Balaban J connectivity index is 2.35. The van der Waals surface area contributed by atoms with Crippen LogP contribution >= 0.6 is 0 Å². The number of guanidine groups is 1. The second-order valence-electron chi connectivity index (χ2n) is 5.52. The van der Waals surface area contributed by atoms with Crippen LogP contribution < -0.4 is 10.6 Å². The van der Waals surface area contributed by atoms with Gasteiger partial charge in [0.1, 0.15) is 5.76 Å². The van der Waals surface area contributed by atoms with E-state index in [1.54, 1.807) is 13.4 Å². The number of rotatable bonds is 11. The highest BCUT2D eigenvalue weighted by molar-refractivity contribution is 5.80. The van der Waals surface area contributed by atoms with E-state index in [0.717, 1.165) is 31.1 Å². The van der Waals surface area contributed by atoms with Crippen molar-refractivity contribution < 1.29 is 9.15 Å². The molecule has 1 heterocycles. The lowest BCUT2D eigenvalue weighted by Crippen LogP contribution is -2.43. The van der Waals surface area contributed by atoms with E-state index in [1.165, 1.54) is 19.3 Å². The molecule has 1 aromatic rings. The van der Waals surface area contributed by atoms with Crippen LogP contribution in [0, 0.1) is 0 Å². The summed E-state index contributed by atoms with van der Waals surface area (Å²) in [6.45, 7) is 6.53. The Morgan fingerprint density at radius 2 is 2.27 bits per heavy atom. The van der Waals surface area contributed by atoms with Gasteiger partial charge in [-0.25, -0.2) is 0 Å². The van der Waals surface area contributed by atoms with Crippen LogP contribution in [0.5, 0.6) is 0 Å². The normalized spacial score (nSPS) is 13.1. The number of hydrogen-bond donors (Lipinski definition) is 2. The molecule has 1 atom stereocenters. The third kappa shape index (κ3) is 8.72. The van der Waals surface area contributed by atoms with Crippen LogP contribution in [0.3, 0.4) is 0 Å². The summed E-state index contributed by atoms with van der Waals surface area (Å²) >= 11 is 0. The zero-order chi connectivity index (χ0) is 16.0. The minimum atomic E-state index is 0.420. The summed E-state index contributed by atoms with van der Waals surface area (Å²) in [5.74, 6) is 1.84. The molecule has 1 rings (SSSR count). The monoisotopic (exact) mass is 309 g/mol. The SMILES string of the molecule is CCCCCC(C)NC(=NCCOC)NCCc1ccco1. The van der Waals surface area contributed by atoms with Crippen LogP contribution in [0.25, 0.3) is 0 Å². The maximum Gasteiger partial charge on any atom is 0.191 e. The van der Waals surface area contributed by atoms with E-state index in [9.17, 15) is 0 Å². The smallest absolute Gasteiger partial charge is 0.191 e. The lowest BCUT2D eigenvalue weighted by Gasteiger charge is -2.18. The van der Waals surface area contributed by atoms with Crippen LogP contribution in [0.2, 0.25) is 0 Å². The molecule has 5 nitrogen and oxygen atoms in total. The minimum absolute atomic E-state index is 0.420. The quantitative estimate of drug-likeness (QED) is 0.375. The molecule has 0 aliphatic carbocycles. The van der Waals surface area contributed by atoms with Gasteiger partial charge in [0.15, 0.2) is 5.96 Å². The topological polar surface area (TPSA) is 58.8 Å². The molecule has 2 N–H and O–H groups in total. The molecular weight excluding hydrogens is 278 g/mol. The molecule has 0 aromatic carbocycles. The molecule has 0 fully saturated rings. The molecule has 0 bridgehead atoms. The van der Waals surface area contributed by atoms with Crippen molar-refractivity contribution >= 4 is 5.96 Å². The fourth-order valence-corrected chi connectivity index (χ4v) is 2.17. The van der Waals surface area contributed by atoms with E-state index >= 15 is 0 Å². The Morgan fingerprint density at radius 3 is 2.95 bits per heavy atom. The van der Waals surface area contributed by atoms with Gasteiger partial charge in [0.25, 0.3) is 0 Å². The molecule has 0 aliphatic rings. The first-order chi connectivity index (χ1) is 10.8. The van der Waals surface area contributed by atoms with Gasteiger partial charge >= 0.3 is 0 Å². The molecular formula is C17H31N3O2. The van der Waals surface area contributed by atoms with Crippen molar-refractivity contribution in [3.05, 3.63) is 24.2 Å². The first-order valence-electron chi connectivity index (χ1n) is 8.32. The van der Waals surface area contributed by atoms with E-state index in [2.05, 4.69) is 29.5 Å². The molecule has 1 unspecified atom stereocenters. The van der Waals surface area contributed by atoms with Gasteiger partial charge < -0.3 is 19.8 Å². The maximum absolute atomic E-state index is 5.34. The first kappa shape index (κ1) is 18.6. The largest absolute Gasteiger partial charge is 0.469 e. The lowest BCUT2D eigenvalue weighted by atomic mass is 10.1. The summed E-state index contributed by atoms with van der Waals surface area (Å²) in [4.78, 5) is 4.54. The molecule has 0 aliphatic heterocycles. The van der Waals surface area contributed by atoms with Crippen LogP contribution in [0.4, 0.5) is 0 Å². The number of aliphatic imine (C=N–C) groups is 1. The van der Waals surface area contributed by atoms with E-state index in [0.29, 0.717) is 19.2 Å². The summed E-state index contributed by atoms with van der Waals surface area (Å²) in [6.07, 6.45) is 7.51. The van der Waals surface area contributed by atoms with Gasteiger partial charge in [-0.3, -0.25) is 4.99 Å². The number of methoxy groups -OCH3 is 1.